The van der Waals surface area contributed by atoms with Crippen LogP contribution in [0.2, 0.25) is 0 Å². The maximum Gasteiger partial charge on any atom is 0.306 e. The molecule has 0 bridgehead atoms. The molecule has 0 spiro atoms. The Morgan fingerprint density at radius 1 is 1.04 bits per heavy atom. The van der Waals surface area contributed by atoms with E-state index in [0.717, 1.165) is 30.3 Å². The molecule has 1 unspecified atom stereocenters. The SMILES string of the molecule is CS(=O)(=O)Oc1cc(OCCC2CCCCN2)cc(-c2ccccc2)c1. The molecule has 1 heterocycles. The number of rotatable bonds is 7. The minimum atomic E-state index is -3.60. The van der Waals surface area contributed by atoms with Crippen molar-refractivity contribution in [1.29, 1.82) is 0 Å². The van der Waals surface area contributed by atoms with Crippen LogP contribution >= 0.6 is 0 Å². The number of benzene rings is 2. The highest BCUT2D eigenvalue weighted by molar-refractivity contribution is 7.86. The average molecular weight is 375 g/mol. The van der Waals surface area contributed by atoms with Crippen LogP contribution in [0.4, 0.5) is 0 Å². The van der Waals surface area contributed by atoms with Crippen molar-refractivity contribution in [3.05, 3.63) is 48.5 Å². The molecule has 1 fully saturated rings. The molecule has 5 nitrogen and oxygen atoms in total. The molecular formula is C20H25NO4S. The smallest absolute Gasteiger partial charge is 0.306 e. The van der Waals surface area contributed by atoms with Crippen LogP contribution in [0.1, 0.15) is 25.7 Å². The van der Waals surface area contributed by atoms with E-state index in [1.165, 1.54) is 19.3 Å². The third-order valence-electron chi connectivity index (χ3n) is 4.38. The summed E-state index contributed by atoms with van der Waals surface area (Å²) in [7, 11) is -3.60. The summed E-state index contributed by atoms with van der Waals surface area (Å²) in [6.07, 6.45) is 5.64. The second-order valence-corrected chi connectivity index (χ2v) is 8.21. The van der Waals surface area contributed by atoms with Crippen LogP contribution < -0.4 is 14.2 Å². The molecule has 2 aromatic carbocycles. The molecule has 0 radical (unpaired) electrons. The molecule has 140 valence electrons. The lowest BCUT2D eigenvalue weighted by atomic mass is 10.0. The maximum absolute atomic E-state index is 11.5. The minimum Gasteiger partial charge on any atom is -0.493 e. The molecule has 0 aliphatic carbocycles. The second kappa shape index (κ2) is 8.56. The van der Waals surface area contributed by atoms with E-state index >= 15 is 0 Å². The second-order valence-electron chi connectivity index (χ2n) is 6.63. The predicted molar refractivity (Wildman–Crippen MR) is 103 cm³/mol. The fourth-order valence-electron chi connectivity index (χ4n) is 3.16. The summed E-state index contributed by atoms with van der Waals surface area (Å²) in [6.45, 7) is 1.65. The first kappa shape index (κ1) is 18.7. The summed E-state index contributed by atoms with van der Waals surface area (Å²) < 4.78 is 34.0. The third kappa shape index (κ3) is 5.75. The van der Waals surface area contributed by atoms with Crippen molar-refractivity contribution in [3.8, 4) is 22.6 Å². The number of nitrogens with one attached hydrogen (secondary N) is 1. The average Bonchev–Trinajstić information content (AvgIpc) is 2.62. The summed E-state index contributed by atoms with van der Waals surface area (Å²) in [5.74, 6) is 0.875. The molecule has 2 aromatic rings. The van der Waals surface area contributed by atoms with Gasteiger partial charge in [0.05, 0.1) is 12.9 Å². The summed E-state index contributed by atoms with van der Waals surface area (Å²) >= 11 is 0. The van der Waals surface area contributed by atoms with Crippen molar-refractivity contribution in [2.45, 2.75) is 31.7 Å². The van der Waals surface area contributed by atoms with Gasteiger partial charge < -0.3 is 14.2 Å². The van der Waals surface area contributed by atoms with E-state index < -0.39 is 10.1 Å². The van der Waals surface area contributed by atoms with E-state index in [-0.39, 0.29) is 5.75 Å². The maximum atomic E-state index is 11.5. The zero-order valence-corrected chi connectivity index (χ0v) is 15.8. The van der Waals surface area contributed by atoms with Crippen molar-refractivity contribution in [2.75, 3.05) is 19.4 Å². The van der Waals surface area contributed by atoms with E-state index in [1.54, 1.807) is 12.1 Å². The Balaban J connectivity index is 1.75. The first-order valence-corrected chi connectivity index (χ1v) is 10.8. The Bertz CT molecular complexity index is 815. The molecule has 0 aromatic heterocycles. The molecule has 1 N–H and O–H groups in total. The van der Waals surface area contributed by atoms with Crippen LogP contribution in [0.3, 0.4) is 0 Å². The highest BCUT2D eigenvalue weighted by atomic mass is 32.2. The monoisotopic (exact) mass is 375 g/mol. The lowest BCUT2D eigenvalue weighted by molar-refractivity contribution is 0.268. The number of hydrogen-bond acceptors (Lipinski definition) is 5. The molecule has 1 aliphatic heterocycles. The highest BCUT2D eigenvalue weighted by Gasteiger charge is 2.13. The molecule has 1 atom stereocenters. The first-order chi connectivity index (χ1) is 12.5. The van der Waals surface area contributed by atoms with Crippen LogP contribution in [0.5, 0.6) is 11.5 Å². The van der Waals surface area contributed by atoms with Gasteiger partial charge in [-0.3, -0.25) is 0 Å². The van der Waals surface area contributed by atoms with Gasteiger partial charge in [-0.1, -0.05) is 36.8 Å². The Labute approximate surface area is 155 Å². The van der Waals surface area contributed by atoms with Crippen molar-refractivity contribution in [3.63, 3.8) is 0 Å². The quantitative estimate of drug-likeness (QED) is 0.749. The summed E-state index contributed by atoms with van der Waals surface area (Å²) in [5.41, 5.74) is 1.84. The minimum absolute atomic E-state index is 0.264. The van der Waals surface area contributed by atoms with Crippen molar-refractivity contribution >= 4 is 10.1 Å². The van der Waals surface area contributed by atoms with Gasteiger partial charge in [-0.05, 0) is 49.1 Å². The van der Waals surface area contributed by atoms with Crippen LogP contribution in [-0.4, -0.2) is 33.9 Å². The van der Waals surface area contributed by atoms with E-state index in [9.17, 15) is 8.42 Å². The molecule has 3 rings (SSSR count). The number of ether oxygens (including phenoxy) is 1. The number of hydrogen-bond donors (Lipinski definition) is 1. The molecule has 0 amide bonds. The summed E-state index contributed by atoms with van der Waals surface area (Å²) in [5, 5.41) is 3.50. The third-order valence-corrected chi connectivity index (χ3v) is 4.88. The Morgan fingerprint density at radius 3 is 2.50 bits per heavy atom. The van der Waals surface area contributed by atoms with Gasteiger partial charge in [-0.15, -0.1) is 0 Å². The molecule has 0 saturated carbocycles. The van der Waals surface area contributed by atoms with Gasteiger partial charge in [0.2, 0.25) is 0 Å². The van der Waals surface area contributed by atoms with Crippen LogP contribution in [-0.2, 0) is 10.1 Å². The van der Waals surface area contributed by atoms with Crippen molar-refractivity contribution in [2.24, 2.45) is 0 Å². The fraction of sp³-hybridized carbons (Fsp3) is 0.400. The Morgan fingerprint density at radius 2 is 1.81 bits per heavy atom. The van der Waals surface area contributed by atoms with Crippen LogP contribution in [0.15, 0.2) is 48.5 Å². The molecule has 1 saturated heterocycles. The van der Waals surface area contributed by atoms with E-state index in [2.05, 4.69) is 5.32 Å². The molecule has 26 heavy (non-hydrogen) atoms. The zero-order chi connectivity index (χ0) is 18.4. The van der Waals surface area contributed by atoms with Gasteiger partial charge in [0.15, 0.2) is 0 Å². The molecule has 1 aliphatic rings. The highest BCUT2D eigenvalue weighted by Crippen LogP contribution is 2.30. The Kier molecular flexibility index (Phi) is 6.16. The van der Waals surface area contributed by atoms with Gasteiger partial charge in [-0.2, -0.15) is 8.42 Å². The zero-order valence-electron chi connectivity index (χ0n) is 15.0. The van der Waals surface area contributed by atoms with Gasteiger partial charge in [0, 0.05) is 12.1 Å². The lowest BCUT2D eigenvalue weighted by Crippen LogP contribution is -2.35. The van der Waals surface area contributed by atoms with Gasteiger partial charge in [-0.25, -0.2) is 0 Å². The van der Waals surface area contributed by atoms with E-state index in [0.29, 0.717) is 18.4 Å². The first-order valence-electron chi connectivity index (χ1n) is 8.96. The predicted octanol–water partition coefficient (Wildman–Crippen LogP) is 3.60. The van der Waals surface area contributed by atoms with E-state index in [4.69, 9.17) is 8.92 Å². The fourth-order valence-corrected chi connectivity index (χ4v) is 3.61. The van der Waals surface area contributed by atoms with Crippen molar-refractivity contribution in [1.82, 2.24) is 5.32 Å². The lowest BCUT2D eigenvalue weighted by Gasteiger charge is -2.23. The van der Waals surface area contributed by atoms with Gasteiger partial charge >= 0.3 is 10.1 Å². The van der Waals surface area contributed by atoms with Gasteiger partial charge in [0.25, 0.3) is 0 Å². The largest absolute Gasteiger partial charge is 0.493 e. The summed E-state index contributed by atoms with van der Waals surface area (Å²) in [6, 6.07) is 15.5. The Hall–Kier alpha value is -2.05. The summed E-state index contributed by atoms with van der Waals surface area (Å²) in [4.78, 5) is 0. The standard InChI is InChI=1S/C20H25NO4S/c1-26(22,23)25-20-14-17(16-7-3-2-4-8-16)13-19(15-20)24-12-10-18-9-5-6-11-21-18/h2-4,7-8,13-15,18,21H,5-6,9-12H2,1H3. The van der Waals surface area contributed by atoms with E-state index in [1.807, 2.05) is 36.4 Å². The number of piperidine rings is 1. The van der Waals surface area contributed by atoms with Crippen LogP contribution in [0.25, 0.3) is 11.1 Å². The topological polar surface area (TPSA) is 64.6 Å². The molecular weight excluding hydrogens is 350 g/mol. The normalized spacial score (nSPS) is 17.7. The molecule has 6 heteroatoms. The van der Waals surface area contributed by atoms with Gasteiger partial charge in [0.1, 0.15) is 11.5 Å². The van der Waals surface area contributed by atoms with Crippen LogP contribution in [0, 0.1) is 0 Å². The van der Waals surface area contributed by atoms with Crippen molar-refractivity contribution < 1.29 is 17.3 Å².